The van der Waals surface area contributed by atoms with Crippen LogP contribution in [0.25, 0.3) is 0 Å². The van der Waals surface area contributed by atoms with Crippen LogP contribution in [0.2, 0.25) is 4.47 Å². The van der Waals surface area contributed by atoms with Gasteiger partial charge in [0.15, 0.2) is 4.47 Å². The summed E-state index contributed by atoms with van der Waals surface area (Å²) in [6, 6.07) is 4.94. The molecule has 0 aliphatic heterocycles. The maximum atomic E-state index is 14.1. The quantitative estimate of drug-likeness (QED) is 0.806. The van der Waals surface area contributed by atoms with E-state index in [4.69, 9.17) is 16.3 Å². The molecule has 2 aromatic rings. The Morgan fingerprint density at radius 1 is 1.32 bits per heavy atom. The van der Waals surface area contributed by atoms with Gasteiger partial charge in [-0.05, 0) is 37.8 Å². The molecule has 22 heavy (non-hydrogen) atoms. The van der Waals surface area contributed by atoms with Crippen molar-refractivity contribution >= 4 is 28.6 Å². The monoisotopic (exact) mass is 340 g/mol. The summed E-state index contributed by atoms with van der Waals surface area (Å²) in [7, 11) is 0. The first-order valence-corrected chi connectivity index (χ1v) is 8.71. The molecule has 1 fully saturated rings. The SMILES string of the molecule is Fc1cccc(OC2CCCCC2)c1NCc1cnc(Cl)s1. The third-order valence-corrected chi connectivity index (χ3v) is 4.90. The number of benzene rings is 1. The van der Waals surface area contributed by atoms with Crippen LogP contribution < -0.4 is 10.1 Å². The van der Waals surface area contributed by atoms with Crippen LogP contribution in [0.1, 0.15) is 37.0 Å². The third-order valence-electron chi connectivity index (χ3n) is 3.79. The van der Waals surface area contributed by atoms with Gasteiger partial charge >= 0.3 is 0 Å². The minimum Gasteiger partial charge on any atom is -0.488 e. The van der Waals surface area contributed by atoms with Crippen LogP contribution in [-0.4, -0.2) is 11.1 Å². The number of nitrogens with one attached hydrogen (secondary N) is 1. The topological polar surface area (TPSA) is 34.1 Å². The minimum absolute atomic E-state index is 0.189. The first kappa shape index (κ1) is 15.6. The molecule has 0 amide bonds. The first-order chi connectivity index (χ1) is 10.7. The van der Waals surface area contributed by atoms with E-state index in [0.29, 0.717) is 22.4 Å². The van der Waals surface area contributed by atoms with Gasteiger partial charge in [0.2, 0.25) is 0 Å². The first-order valence-electron chi connectivity index (χ1n) is 7.51. The number of thiazole rings is 1. The van der Waals surface area contributed by atoms with E-state index in [1.807, 2.05) is 6.07 Å². The van der Waals surface area contributed by atoms with Crippen molar-refractivity contribution < 1.29 is 9.13 Å². The van der Waals surface area contributed by atoms with Gasteiger partial charge in [-0.3, -0.25) is 0 Å². The minimum atomic E-state index is -0.302. The molecule has 0 unspecified atom stereocenters. The Morgan fingerprint density at radius 2 is 2.14 bits per heavy atom. The van der Waals surface area contributed by atoms with Crippen LogP contribution in [0.15, 0.2) is 24.4 Å². The van der Waals surface area contributed by atoms with Gasteiger partial charge in [-0.25, -0.2) is 9.37 Å². The second-order valence-electron chi connectivity index (χ2n) is 5.42. The summed E-state index contributed by atoms with van der Waals surface area (Å²) >= 11 is 7.20. The highest BCUT2D eigenvalue weighted by Crippen LogP contribution is 2.32. The summed E-state index contributed by atoms with van der Waals surface area (Å²) in [5.74, 6) is 0.284. The second-order valence-corrected chi connectivity index (χ2v) is 7.12. The maximum absolute atomic E-state index is 14.1. The Morgan fingerprint density at radius 3 is 2.86 bits per heavy atom. The summed E-state index contributed by atoms with van der Waals surface area (Å²) in [5.41, 5.74) is 0.414. The Kier molecular flexibility index (Phi) is 5.16. The summed E-state index contributed by atoms with van der Waals surface area (Å²) in [4.78, 5) is 4.94. The molecular weight excluding hydrogens is 323 g/mol. The zero-order valence-electron chi connectivity index (χ0n) is 12.1. The highest BCUT2D eigenvalue weighted by molar-refractivity contribution is 7.15. The standard InChI is InChI=1S/C16H18ClFN2OS/c17-16-20-10-12(22-16)9-19-15-13(18)7-4-8-14(15)21-11-5-2-1-3-6-11/h4,7-8,10-11,19H,1-3,5-6,9H2. The largest absolute Gasteiger partial charge is 0.488 e. The predicted octanol–water partition coefficient (Wildman–Crippen LogP) is 5.26. The summed E-state index contributed by atoms with van der Waals surface area (Å²) < 4.78 is 20.6. The lowest BCUT2D eigenvalue weighted by Crippen LogP contribution is -2.20. The van der Waals surface area contributed by atoms with Crippen molar-refractivity contribution in [3.05, 3.63) is 39.6 Å². The molecule has 0 saturated heterocycles. The van der Waals surface area contributed by atoms with E-state index in [1.54, 1.807) is 12.3 Å². The van der Waals surface area contributed by atoms with Crippen molar-refractivity contribution in [2.24, 2.45) is 0 Å². The Bertz CT molecular complexity index is 628. The zero-order chi connectivity index (χ0) is 15.4. The number of halogens is 2. The van der Waals surface area contributed by atoms with Gasteiger partial charge in [-0.1, -0.05) is 24.1 Å². The van der Waals surface area contributed by atoms with Crippen molar-refractivity contribution in [3.63, 3.8) is 0 Å². The number of aromatic nitrogens is 1. The number of ether oxygens (including phenoxy) is 1. The second kappa shape index (κ2) is 7.29. The van der Waals surface area contributed by atoms with Crippen LogP contribution in [-0.2, 0) is 6.54 Å². The molecule has 1 aliphatic rings. The van der Waals surface area contributed by atoms with E-state index < -0.39 is 0 Å². The molecule has 1 aromatic heterocycles. The molecule has 0 radical (unpaired) electrons. The lowest BCUT2D eigenvalue weighted by atomic mass is 9.98. The molecule has 3 nitrogen and oxygen atoms in total. The molecule has 0 atom stereocenters. The molecule has 3 rings (SSSR count). The Hall–Kier alpha value is -1.33. The highest BCUT2D eigenvalue weighted by atomic mass is 35.5. The van der Waals surface area contributed by atoms with E-state index >= 15 is 0 Å². The Balaban J connectivity index is 1.71. The lowest BCUT2D eigenvalue weighted by Gasteiger charge is -2.24. The van der Waals surface area contributed by atoms with Gasteiger partial charge in [0.25, 0.3) is 0 Å². The van der Waals surface area contributed by atoms with E-state index in [2.05, 4.69) is 10.3 Å². The average molecular weight is 341 g/mol. The van der Waals surface area contributed by atoms with Gasteiger partial charge in [0, 0.05) is 11.1 Å². The van der Waals surface area contributed by atoms with Crippen molar-refractivity contribution in [3.8, 4) is 5.75 Å². The fraction of sp³-hybridized carbons (Fsp3) is 0.438. The molecular formula is C16H18ClFN2OS. The van der Waals surface area contributed by atoms with Crippen LogP contribution in [0.5, 0.6) is 5.75 Å². The molecule has 1 saturated carbocycles. The fourth-order valence-electron chi connectivity index (χ4n) is 2.68. The van der Waals surface area contributed by atoms with Crippen molar-refractivity contribution in [1.82, 2.24) is 4.98 Å². The van der Waals surface area contributed by atoms with E-state index in [0.717, 1.165) is 17.7 Å². The van der Waals surface area contributed by atoms with Gasteiger partial charge < -0.3 is 10.1 Å². The van der Waals surface area contributed by atoms with E-state index in [9.17, 15) is 4.39 Å². The molecule has 6 heteroatoms. The summed E-state index contributed by atoms with van der Waals surface area (Å²) in [6.07, 6.45) is 7.60. The van der Waals surface area contributed by atoms with Gasteiger partial charge in [-0.15, -0.1) is 11.3 Å². The maximum Gasteiger partial charge on any atom is 0.183 e. The zero-order valence-corrected chi connectivity index (χ0v) is 13.7. The van der Waals surface area contributed by atoms with Crippen LogP contribution in [0, 0.1) is 5.82 Å². The summed E-state index contributed by atoms with van der Waals surface area (Å²) in [5, 5.41) is 3.11. The molecule has 1 N–H and O–H groups in total. The fourth-order valence-corrected chi connectivity index (χ4v) is 3.60. The lowest BCUT2D eigenvalue weighted by molar-refractivity contribution is 0.155. The van der Waals surface area contributed by atoms with Crippen molar-refractivity contribution in [2.45, 2.75) is 44.8 Å². The molecule has 1 aromatic carbocycles. The number of nitrogens with zero attached hydrogens (tertiary/aromatic N) is 1. The van der Waals surface area contributed by atoms with Crippen LogP contribution in [0.4, 0.5) is 10.1 Å². The smallest absolute Gasteiger partial charge is 0.183 e. The molecule has 0 bridgehead atoms. The normalized spacial score (nSPS) is 15.7. The average Bonchev–Trinajstić information content (AvgIpc) is 2.93. The molecule has 0 spiro atoms. The van der Waals surface area contributed by atoms with Crippen molar-refractivity contribution in [2.75, 3.05) is 5.32 Å². The van der Waals surface area contributed by atoms with Gasteiger partial charge in [0.05, 0.1) is 12.6 Å². The molecule has 1 heterocycles. The number of anilines is 1. The number of hydrogen-bond donors (Lipinski definition) is 1. The van der Waals surface area contributed by atoms with Gasteiger partial charge in [0.1, 0.15) is 17.3 Å². The number of para-hydroxylation sites is 1. The number of rotatable bonds is 5. The highest BCUT2D eigenvalue weighted by Gasteiger charge is 2.18. The third kappa shape index (κ3) is 3.90. The number of hydrogen-bond acceptors (Lipinski definition) is 4. The van der Waals surface area contributed by atoms with Crippen LogP contribution in [0.3, 0.4) is 0 Å². The molecule has 1 aliphatic carbocycles. The van der Waals surface area contributed by atoms with E-state index in [-0.39, 0.29) is 11.9 Å². The summed E-state index contributed by atoms with van der Waals surface area (Å²) in [6.45, 7) is 0.479. The Labute approximate surface area is 138 Å². The van der Waals surface area contributed by atoms with Crippen LogP contribution >= 0.6 is 22.9 Å². The van der Waals surface area contributed by atoms with Gasteiger partial charge in [-0.2, -0.15) is 0 Å². The van der Waals surface area contributed by atoms with E-state index in [1.165, 1.54) is 36.7 Å². The van der Waals surface area contributed by atoms with Crippen molar-refractivity contribution in [1.29, 1.82) is 0 Å². The molecule has 118 valence electrons. The predicted molar refractivity (Wildman–Crippen MR) is 88.4 cm³/mol.